The van der Waals surface area contributed by atoms with Gasteiger partial charge in [0.2, 0.25) is 0 Å². The summed E-state index contributed by atoms with van der Waals surface area (Å²) in [5.74, 6) is -0.141. The molecule has 0 unspecified atom stereocenters. The number of amidine groups is 1. The Balaban J connectivity index is 1.25. The first kappa shape index (κ1) is 21.0. The molecule has 4 nitrogen and oxygen atoms in total. The third-order valence-electron chi connectivity index (χ3n) is 6.65. The van der Waals surface area contributed by atoms with Crippen molar-refractivity contribution in [3.05, 3.63) is 94.9 Å². The van der Waals surface area contributed by atoms with Crippen LogP contribution in [0, 0.1) is 6.92 Å². The first-order chi connectivity index (χ1) is 16.7. The molecular weight excluding hydrogens is 438 g/mol. The van der Waals surface area contributed by atoms with Crippen molar-refractivity contribution in [3.8, 4) is 0 Å². The van der Waals surface area contributed by atoms with Gasteiger partial charge in [-0.05, 0) is 70.1 Å². The number of aryl methyl sites for hydroxylation is 1. The van der Waals surface area contributed by atoms with Gasteiger partial charge in [0.1, 0.15) is 0 Å². The second-order valence-electron chi connectivity index (χ2n) is 8.85. The lowest BCUT2D eigenvalue weighted by molar-refractivity contribution is -0.113. The highest BCUT2D eigenvalue weighted by Crippen LogP contribution is 2.35. The van der Waals surface area contributed by atoms with Crippen molar-refractivity contribution >= 4 is 56.1 Å². The molecule has 1 fully saturated rings. The van der Waals surface area contributed by atoms with Crippen LogP contribution >= 0.6 is 11.8 Å². The van der Waals surface area contributed by atoms with Gasteiger partial charge in [-0.25, -0.2) is 0 Å². The van der Waals surface area contributed by atoms with Crippen molar-refractivity contribution in [2.45, 2.75) is 6.92 Å². The lowest BCUT2D eigenvalue weighted by Crippen LogP contribution is -2.47. The molecule has 0 spiro atoms. The highest BCUT2D eigenvalue weighted by atomic mass is 32.2. The zero-order valence-electron chi connectivity index (χ0n) is 19.1. The maximum Gasteiger partial charge on any atom is 0.286 e. The van der Waals surface area contributed by atoms with E-state index in [1.54, 1.807) is 0 Å². The predicted octanol–water partition coefficient (Wildman–Crippen LogP) is 6.09. The van der Waals surface area contributed by atoms with Gasteiger partial charge in [0.25, 0.3) is 5.91 Å². The van der Waals surface area contributed by atoms with Crippen LogP contribution in [0.2, 0.25) is 0 Å². The van der Waals surface area contributed by atoms with Crippen LogP contribution in [-0.2, 0) is 4.79 Å². The number of amides is 1. The van der Waals surface area contributed by atoms with Gasteiger partial charge in [0.05, 0.1) is 4.91 Å². The molecule has 5 heteroatoms. The molecule has 2 aliphatic heterocycles. The molecule has 0 radical (unpaired) electrons. The van der Waals surface area contributed by atoms with E-state index in [0.29, 0.717) is 4.91 Å². The molecule has 0 N–H and O–H groups in total. The van der Waals surface area contributed by atoms with Crippen LogP contribution in [0.1, 0.15) is 11.1 Å². The van der Waals surface area contributed by atoms with Gasteiger partial charge in [-0.15, -0.1) is 0 Å². The Kier molecular flexibility index (Phi) is 5.34. The molecule has 1 saturated heterocycles. The number of carbonyl (C=O) groups is 1. The molecule has 1 amide bonds. The second-order valence-corrected chi connectivity index (χ2v) is 9.86. The standard InChI is InChI=1S/C29H25N3OS/c1-20-10-12-23(13-11-20)31-14-16-32(17-15-31)29-30-28(33)27(34-29)19-26-24-8-4-2-6-21(24)18-22-7-3-5-9-25(22)26/h2-13,18-19H,14-17H2,1H3. The van der Waals surface area contributed by atoms with Gasteiger partial charge in [-0.1, -0.05) is 66.2 Å². The molecule has 6 rings (SSSR count). The van der Waals surface area contributed by atoms with Gasteiger partial charge < -0.3 is 9.80 Å². The number of hydrogen-bond donors (Lipinski definition) is 0. The SMILES string of the molecule is Cc1ccc(N2CCN(C3=NC(=O)C(=Cc4c5ccccc5cc5ccccc45)S3)CC2)cc1. The number of thioether (sulfide) groups is 1. The largest absolute Gasteiger partial charge is 0.368 e. The van der Waals surface area contributed by atoms with E-state index in [-0.39, 0.29) is 5.91 Å². The first-order valence-electron chi connectivity index (χ1n) is 11.7. The summed E-state index contributed by atoms with van der Waals surface area (Å²) in [6.07, 6.45) is 2.04. The van der Waals surface area contributed by atoms with Gasteiger partial charge in [-0.3, -0.25) is 4.79 Å². The zero-order chi connectivity index (χ0) is 23.1. The van der Waals surface area contributed by atoms with Crippen LogP contribution in [0.25, 0.3) is 27.6 Å². The number of anilines is 1. The predicted molar refractivity (Wildman–Crippen MR) is 144 cm³/mol. The fourth-order valence-corrected chi connectivity index (χ4v) is 5.73. The fraction of sp³-hybridized carbons (Fsp3) is 0.172. The smallest absolute Gasteiger partial charge is 0.286 e. The summed E-state index contributed by atoms with van der Waals surface area (Å²) in [7, 11) is 0. The van der Waals surface area contributed by atoms with Crippen LogP contribution in [0.15, 0.2) is 88.8 Å². The Labute approximate surface area is 203 Å². The van der Waals surface area contributed by atoms with Gasteiger partial charge in [0, 0.05) is 31.9 Å². The Bertz CT molecular complexity index is 1410. The van der Waals surface area contributed by atoms with Gasteiger partial charge in [0.15, 0.2) is 5.17 Å². The van der Waals surface area contributed by atoms with E-state index in [0.717, 1.165) is 47.7 Å². The van der Waals surface area contributed by atoms with E-state index in [4.69, 9.17) is 0 Å². The van der Waals surface area contributed by atoms with Gasteiger partial charge in [-0.2, -0.15) is 4.99 Å². The number of rotatable bonds is 2. The summed E-state index contributed by atoms with van der Waals surface area (Å²) in [6.45, 7) is 5.67. The summed E-state index contributed by atoms with van der Waals surface area (Å²) < 4.78 is 0. The van der Waals surface area contributed by atoms with Crippen molar-refractivity contribution in [2.24, 2.45) is 4.99 Å². The van der Waals surface area contributed by atoms with E-state index in [1.807, 2.05) is 6.08 Å². The summed E-state index contributed by atoms with van der Waals surface area (Å²) in [5.41, 5.74) is 3.62. The molecule has 2 aliphatic rings. The molecule has 0 atom stereocenters. The summed E-state index contributed by atoms with van der Waals surface area (Å²) in [5, 5.41) is 5.49. The third-order valence-corrected chi connectivity index (χ3v) is 7.69. The minimum atomic E-state index is -0.141. The van der Waals surface area contributed by atoms with Crippen molar-refractivity contribution < 1.29 is 4.79 Å². The van der Waals surface area contributed by atoms with E-state index in [1.165, 1.54) is 33.8 Å². The van der Waals surface area contributed by atoms with Gasteiger partial charge >= 0.3 is 0 Å². The maximum atomic E-state index is 12.9. The van der Waals surface area contributed by atoms with Crippen LogP contribution in [0.3, 0.4) is 0 Å². The van der Waals surface area contributed by atoms with Crippen molar-refractivity contribution in [3.63, 3.8) is 0 Å². The number of carbonyl (C=O) groups excluding carboxylic acids is 1. The Morgan fingerprint density at radius 3 is 2.03 bits per heavy atom. The molecule has 34 heavy (non-hydrogen) atoms. The lowest BCUT2D eigenvalue weighted by Gasteiger charge is -2.36. The molecule has 0 saturated carbocycles. The third kappa shape index (κ3) is 3.86. The van der Waals surface area contributed by atoms with E-state index in [2.05, 4.69) is 101 Å². The summed E-state index contributed by atoms with van der Waals surface area (Å²) in [4.78, 5) is 22.7. The molecule has 2 heterocycles. The second kappa shape index (κ2) is 8.65. The molecule has 0 bridgehead atoms. The minimum Gasteiger partial charge on any atom is -0.368 e. The molecule has 168 valence electrons. The number of piperazine rings is 1. The fourth-order valence-electron chi connectivity index (χ4n) is 4.78. The number of aliphatic imine (C=N–C) groups is 1. The van der Waals surface area contributed by atoms with E-state index < -0.39 is 0 Å². The molecular formula is C29H25N3OS. The minimum absolute atomic E-state index is 0.141. The zero-order valence-corrected chi connectivity index (χ0v) is 19.9. The Morgan fingerprint density at radius 1 is 0.794 bits per heavy atom. The monoisotopic (exact) mass is 463 g/mol. The van der Waals surface area contributed by atoms with E-state index in [9.17, 15) is 4.79 Å². The van der Waals surface area contributed by atoms with Crippen molar-refractivity contribution in [1.29, 1.82) is 0 Å². The normalized spacial score (nSPS) is 17.7. The highest BCUT2D eigenvalue weighted by Gasteiger charge is 2.29. The number of hydrogen-bond acceptors (Lipinski definition) is 4. The number of benzene rings is 4. The number of nitrogens with zero attached hydrogens (tertiary/aromatic N) is 3. The molecule has 4 aromatic rings. The molecule has 0 aliphatic carbocycles. The van der Waals surface area contributed by atoms with Crippen molar-refractivity contribution in [2.75, 3.05) is 31.1 Å². The Morgan fingerprint density at radius 2 is 1.38 bits per heavy atom. The Hall–Kier alpha value is -3.57. The quantitative estimate of drug-likeness (QED) is 0.266. The topological polar surface area (TPSA) is 35.9 Å². The van der Waals surface area contributed by atoms with Crippen LogP contribution in [0.5, 0.6) is 0 Å². The van der Waals surface area contributed by atoms with Crippen LogP contribution in [-0.4, -0.2) is 42.2 Å². The molecule has 0 aromatic heterocycles. The van der Waals surface area contributed by atoms with E-state index >= 15 is 0 Å². The maximum absolute atomic E-state index is 12.9. The lowest BCUT2D eigenvalue weighted by atomic mass is 9.96. The van der Waals surface area contributed by atoms with Crippen molar-refractivity contribution in [1.82, 2.24) is 4.90 Å². The average molecular weight is 464 g/mol. The average Bonchev–Trinajstić information content (AvgIpc) is 3.24. The van der Waals surface area contributed by atoms with Crippen LogP contribution in [0.4, 0.5) is 5.69 Å². The first-order valence-corrected chi connectivity index (χ1v) is 12.5. The van der Waals surface area contributed by atoms with Crippen LogP contribution < -0.4 is 4.90 Å². The summed E-state index contributed by atoms with van der Waals surface area (Å²) in [6, 6.07) is 27.6. The highest BCUT2D eigenvalue weighted by molar-refractivity contribution is 8.18. The summed E-state index contributed by atoms with van der Waals surface area (Å²) >= 11 is 1.51. The molecule has 4 aromatic carbocycles. The number of fused-ring (bicyclic) bond motifs is 2.